The Morgan fingerprint density at radius 3 is 2.85 bits per heavy atom. The van der Waals surface area contributed by atoms with Crippen LogP contribution in [-0.2, 0) is 14.3 Å². The van der Waals surface area contributed by atoms with Crippen LogP contribution in [-0.4, -0.2) is 18.4 Å². The van der Waals surface area contributed by atoms with Gasteiger partial charge in [-0.15, -0.1) is 0 Å². The number of nitrogens with zero attached hydrogens (tertiary/aromatic N) is 1. The summed E-state index contributed by atoms with van der Waals surface area (Å²) in [6.45, 7) is 2.15. The van der Waals surface area contributed by atoms with Gasteiger partial charge in [-0.25, -0.2) is 0 Å². The molecule has 2 saturated carbocycles. The SMILES string of the molecule is CCOC(=O)[C@@H]1CCC[C@@]2(C#N)C(=O)CCCCC[C@H]12. The fourth-order valence-corrected chi connectivity index (χ4v) is 3.91. The average Bonchev–Trinajstić information content (AvgIpc) is 2.44. The number of ketones is 1. The van der Waals surface area contributed by atoms with E-state index in [0.29, 0.717) is 19.4 Å². The summed E-state index contributed by atoms with van der Waals surface area (Å²) in [6, 6.07) is 2.31. The van der Waals surface area contributed by atoms with E-state index in [2.05, 4.69) is 6.07 Å². The lowest BCUT2D eigenvalue weighted by atomic mass is 9.57. The zero-order valence-corrected chi connectivity index (χ0v) is 12.2. The molecule has 4 nitrogen and oxygen atoms in total. The van der Waals surface area contributed by atoms with Crippen molar-refractivity contribution in [2.75, 3.05) is 6.61 Å². The van der Waals surface area contributed by atoms with Crippen molar-refractivity contribution in [3.05, 3.63) is 0 Å². The zero-order valence-electron chi connectivity index (χ0n) is 12.2. The van der Waals surface area contributed by atoms with Crippen molar-refractivity contribution in [1.29, 1.82) is 5.26 Å². The molecule has 20 heavy (non-hydrogen) atoms. The summed E-state index contributed by atoms with van der Waals surface area (Å²) in [4.78, 5) is 24.7. The number of hydrogen-bond acceptors (Lipinski definition) is 4. The molecule has 4 heteroatoms. The molecular weight excluding hydrogens is 254 g/mol. The van der Waals surface area contributed by atoms with Gasteiger partial charge >= 0.3 is 5.97 Å². The molecule has 2 aliphatic rings. The molecule has 0 heterocycles. The van der Waals surface area contributed by atoms with Gasteiger partial charge in [-0.1, -0.05) is 19.3 Å². The molecule has 0 N–H and O–H groups in total. The molecule has 0 radical (unpaired) electrons. The summed E-state index contributed by atoms with van der Waals surface area (Å²) in [6.07, 6.45) is 6.29. The van der Waals surface area contributed by atoms with E-state index in [1.165, 1.54) is 0 Å². The first kappa shape index (κ1) is 15.0. The van der Waals surface area contributed by atoms with E-state index < -0.39 is 5.41 Å². The number of nitriles is 1. The van der Waals surface area contributed by atoms with Crippen LogP contribution in [0.25, 0.3) is 0 Å². The van der Waals surface area contributed by atoms with Gasteiger partial charge < -0.3 is 4.74 Å². The van der Waals surface area contributed by atoms with Crippen molar-refractivity contribution in [3.63, 3.8) is 0 Å². The molecule has 2 aliphatic carbocycles. The summed E-state index contributed by atoms with van der Waals surface area (Å²) < 4.78 is 5.17. The predicted octanol–water partition coefficient (Wildman–Crippen LogP) is 3.01. The Morgan fingerprint density at radius 2 is 2.15 bits per heavy atom. The average molecular weight is 277 g/mol. The van der Waals surface area contributed by atoms with Crippen LogP contribution in [0.4, 0.5) is 0 Å². The molecule has 0 aromatic rings. The van der Waals surface area contributed by atoms with Crippen LogP contribution < -0.4 is 0 Å². The maximum atomic E-state index is 12.5. The molecule has 110 valence electrons. The van der Waals surface area contributed by atoms with E-state index in [4.69, 9.17) is 4.74 Å². The molecule has 2 rings (SSSR count). The number of carbonyl (C=O) groups excluding carboxylic acids is 2. The van der Waals surface area contributed by atoms with Crippen molar-refractivity contribution < 1.29 is 14.3 Å². The number of fused-ring (bicyclic) bond motifs is 1. The molecule has 2 fully saturated rings. The summed E-state index contributed by atoms with van der Waals surface area (Å²) in [7, 11) is 0. The van der Waals surface area contributed by atoms with Gasteiger partial charge in [-0.2, -0.15) is 5.26 Å². The fraction of sp³-hybridized carbons (Fsp3) is 0.812. The van der Waals surface area contributed by atoms with Crippen molar-refractivity contribution in [2.45, 2.75) is 58.3 Å². The van der Waals surface area contributed by atoms with Gasteiger partial charge in [0.05, 0.1) is 18.6 Å². The van der Waals surface area contributed by atoms with Crippen molar-refractivity contribution in [2.24, 2.45) is 17.3 Å². The highest BCUT2D eigenvalue weighted by Gasteiger charge is 2.53. The second kappa shape index (κ2) is 6.39. The molecule has 3 atom stereocenters. The van der Waals surface area contributed by atoms with E-state index in [0.717, 1.165) is 38.5 Å². The van der Waals surface area contributed by atoms with Gasteiger partial charge in [0.2, 0.25) is 0 Å². The first-order chi connectivity index (χ1) is 9.65. The van der Waals surface area contributed by atoms with Crippen molar-refractivity contribution >= 4 is 11.8 Å². The number of hydrogen-bond donors (Lipinski definition) is 0. The summed E-state index contributed by atoms with van der Waals surface area (Å²) in [5.41, 5.74) is -0.934. The third-order valence-electron chi connectivity index (χ3n) is 4.91. The predicted molar refractivity (Wildman–Crippen MR) is 73.6 cm³/mol. The molecule has 0 amide bonds. The minimum absolute atomic E-state index is 0.0544. The molecule has 0 saturated heterocycles. The lowest BCUT2D eigenvalue weighted by molar-refractivity contribution is -0.155. The third kappa shape index (κ3) is 2.59. The second-order valence-electron chi connectivity index (χ2n) is 5.96. The zero-order chi connectivity index (χ0) is 14.6. The van der Waals surface area contributed by atoms with Gasteiger partial charge in [-0.3, -0.25) is 9.59 Å². The van der Waals surface area contributed by atoms with Crippen LogP contribution in [0.5, 0.6) is 0 Å². The molecule has 0 unspecified atom stereocenters. The van der Waals surface area contributed by atoms with Gasteiger partial charge in [0.15, 0.2) is 5.78 Å². The number of rotatable bonds is 2. The first-order valence-electron chi connectivity index (χ1n) is 7.77. The van der Waals surface area contributed by atoms with E-state index in [1.54, 1.807) is 6.92 Å². The standard InChI is InChI=1S/C16H23NO3/c1-2-20-15(19)12-7-6-10-16(11-17)13(12)8-4-3-5-9-14(16)18/h12-13H,2-10H2,1H3/t12-,13-,16+/m1/s1. The largest absolute Gasteiger partial charge is 0.466 e. The van der Waals surface area contributed by atoms with Gasteiger partial charge in [0, 0.05) is 6.42 Å². The third-order valence-corrected chi connectivity index (χ3v) is 4.91. The number of esters is 1. The molecule has 0 aromatic carbocycles. The molecule has 0 aromatic heterocycles. The molecule has 0 aliphatic heterocycles. The molecule has 0 bridgehead atoms. The van der Waals surface area contributed by atoms with Gasteiger partial charge in [-0.05, 0) is 38.5 Å². The van der Waals surface area contributed by atoms with E-state index in [-0.39, 0.29) is 23.6 Å². The highest BCUT2D eigenvalue weighted by atomic mass is 16.5. The summed E-state index contributed by atoms with van der Waals surface area (Å²) >= 11 is 0. The van der Waals surface area contributed by atoms with E-state index >= 15 is 0 Å². The smallest absolute Gasteiger partial charge is 0.309 e. The maximum Gasteiger partial charge on any atom is 0.309 e. The topological polar surface area (TPSA) is 67.2 Å². The van der Waals surface area contributed by atoms with E-state index in [1.807, 2.05) is 0 Å². The van der Waals surface area contributed by atoms with Crippen LogP contribution >= 0.6 is 0 Å². The van der Waals surface area contributed by atoms with Crippen LogP contribution in [0, 0.1) is 28.6 Å². The van der Waals surface area contributed by atoms with Crippen molar-refractivity contribution in [1.82, 2.24) is 0 Å². The Kier molecular flexibility index (Phi) is 4.80. The van der Waals surface area contributed by atoms with Crippen LogP contribution in [0.3, 0.4) is 0 Å². The summed E-state index contributed by atoms with van der Waals surface area (Å²) in [5, 5.41) is 9.67. The first-order valence-corrected chi connectivity index (χ1v) is 7.77. The minimum atomic E-state index is -0.934. The van der Waals surface area contributed by atoms with Crippen molar-refractivity contribution in [3.8, 4) is 6.07 Å². The second-order valence-corrected chi connectivity index (χ2v) is 5.96. The van der Waals surface area contributed by atoms with Crippen LogP contribution in [0.15, 0.2) is 0 Å². The highest BCUT2D eigenvalue weighted by molar-refractivity contribution is 5.89. The Bertz CT molecular complexity index is 426. The maximum absolute atomic E-state index is 12.5. The number of carbonyl (C=O) groups is 2. The molecular formula is C16H23NO3. The summed E-state index contributed by atoms with van der Waals surface area (Å²) in [5.74, 6) is -0.581. The fourth-order valence-electron chi connectivity index (χ4n) is 3.91. The number of Topliss-reactive ketones (excluding diaryl/α,β-unsaturated/α-hetero) is 1. The Morgan fingerprint density at radius 1 is 1.35 bits per heavy atom. The minimum Gasteiger partial charge on any atom is -0.466 e. The van der Waals surface area contributed by atoms with Gasteiger partial charge in [0.25, 0.3) is 0 Å². The van der Waals surface area contributed by atoms with Gasteiger partial charge in [0.1, 0.15) is 5.41 Å². The van der Waals surface area contributed by atoms with Crippen LogP contribution in [0.2, 0.25) is 0 Å². The lowest BCUT2D eigenvalue weighted by Gasteiger charge is -2.43. The lowest BCUT2D eigenvalue weighted by Crippen LogP contribution is -2.47. The van der Waals surface area contributed by atoms with Crippen LogP contribution in [0.1, 0.15) is 58.3 Å². The van der Waals surface area contributed by atoms with E-state index in [9.17, 15) is 14.9 Å². The number of ether oxygens (including phenoxy) is 1. The Labute approximate surface area is 120 Å². The monoisotopic (exact) mass is 277 g/mol. The Hall–Kier alpha value is -1.37. The quantitative estimate of drug-likeness (QED) is 0.728. The normalized spacial score (nSPS) is 34.3. The highest BCUT2D eigenvalue weighted by Crippen LogP contribution is 2.49. The molecule has 0 spiro atoms. The Balaban J connectivity index is 2.31.